The van der Waals surface area contributed by atoms with Crippen molar-refractivity contribution in [2.75, 3.05) is 0 Å². The molecule has 0 aliphatic heterocycles. The number of nitrogens with zero attached hydrogens (tertiary/aromatic N) is 7. The fourth-order valence-electron chi connectivity index (χ4n) is 2.90. The van der Waals surface area contributed by atoms with Gasteiger partial charge in [0.2, 0.25) is 5.88 Å². The van der Waals surface area contributed by atoms with Crippen LogP contribution in [-0.2, 0) is 0 Å². The van der Waals surface area contributed by atoms with Crippen LogP contribution in [0.25, 0.3) is 27.9 Å². The van der Waals surface area contributed by atoms with Gasteiger partial charge in [-0.2, -0.15) is 14.6 Å². The summed E-state index contributed by atoms with van der Waals surface area (Å²) in [5.74, 6) is 1.67. The summed E-state index contributed by atoms with van der Waals surface area (Å²) >= 11 is 0. The lowest BCUT2D eigenvalue weighted by Gasteiger charge is -2.13. The number of benzene rings is 1. The Balaban J connectivity index is 1.71. The second kappa shape index (κ2) is 5.87. The van der Waals surface area contributed by atoms with Crippen molar-refractivity contribution < 1.29 is 9.26 Å². The first-order chi connectivity index (χ1) is 13.2. The maximum Gasteiger partial charge on any atom is 0.225 e. The number of aromatic amines is 1. The van der Waals surface area contributed by atoms with Gasteiger partial charge in [-0.1, -0.05) is 22.5 Å². The highest BCUT2D eigenvalue weighted by atomic mass is 16.5. The van der Waals surface area contributed by atoms with Crippen molar-refractivity contribution in [1.82, 2.24) is 40.1 Å². The number of fused-ring (bicyclic) bond motifs is 3. The summed E-state index contributed by atoms with van der Waals surface area (Å²) in [7, 11) is 0. The first-order valence-corrected chi connectivity index (χ1v) is 8.31. The van der Waals surface area contributed by atoms with E-state index in [1.807, 2.05) is 38.1 Å². The first kappa shape index (κ1) is 15.4. The highest BCUT2D eigenvalue weighted by Crippen LogP contribution is 2.30. The van der Waals surface area contributed by atoms with Crippen LogP contribution in [0, 0.1) is 6.92 Å². The molecule has 4 heterocycles. The molecule has 0 radical (unpaired) electrons. The third-order valence-electron chi connectivity index (χ3n) is 4.17. The van der Waals surface area contributed by atoms with Gasteiger partial charge >= 0.3 is 0 Å². The van der Waals surface area contributed by atoms with Gasteiger partial charge in [0.05, 0.1) is 10.9 Å². The number of nitrogens with one attached hydrogen (secondary N) is 1. The van der Waals surface area contributed by atoms with Crippen LogP contribution in [-0.4, -0.2) is 40.1 Å². The molecular weight excluding hydrogens is 348 g/mol. The van der Waals surface area contributed by atoms with E-state index in [2.05, 4.69) is 35.6 Å². The van der Waals surface area contributed by atoms with Crippen LogP contribution < -0.4 is 4.74 Å². The van der Waals surface area contributed by atoms with Crippen LogP contribution in [0.1, 0.15) is 24.6 Å². The van der Waals surface area contributed by atoms with Crippen molar-refractivity contribution in [2.24, 2.45) is 0 Å². The van der Waals surface area contributed by atoms with Crippen molar-refractivity contribution in [1.29, 1.82) is 0 Å². The lowest BCUT2D eigenvalue weighted by molar-refractivity contribution is 0.211. The lowest BCUT2D eigenvalue weighted by Crippen LogP contribution is -2.08. The van der Waals surface area contributed by atoms with E-state index in [9.17, 15) is 0 Å². The smallest absolute Gasteiger partial charge is 0.225 e. The van der Waals surface area contributed by atoms with Crippen molar-refractivity contribution in [3.63, 3.8) is 0 Å². The highest BCUT2D eigenvalue weighted by Gasteiger charge is 2.20. The standard InChI is InChI=1S/C17H14N8O2/c1-9-7-12(23-27-9)14-16-20-17(26-10(2)15-18-8-19-22-15)11-5-3-4-6-13(11)25(16)24-21-14/h3-8,10H,1-2H3,(H,18,19,22). The van der Waals surface area contributed by atoms with E-state index in [4.69, 9.17) is 9.26 Å². The van der Waals surface area contributed by atoms with E-state index in [0.717, 1.165) is 10.9 Å². The van der Waals surface area contributed by atoms with Gasteiger partial charge in [0, 0.05) is 6.07 Å². The SMILES string of the molecule is Cc1cc(-c2nnn3c2nc(OC(C)c2nc[nH]n2)c2ccccc23)no1. The van der Waals surface area contributed by atoms with Gasteiger partial charge in [-0.15, -0.1) is 5.10 Å². The molecule has 0 spiro atoms. The summed E-state index contributed by atoms with van der Waals surface area (Å²) in [6.45, 7) is 3.68. The molecule has 1 unspecified atom stereocenters. The second-order valence-corrected chi connectivity index (χ2v) is 6.05. The van der Waals surface area contributed by atoms with Crippen molar-refractivity contribution >= 4 is 16.6 Å². The Hall–Kier alpha value is -3.82. The third-order valence-corrected chi connectivity index (χ3v) is 4.17. The van der Waals surface area contributed by atoms with Gasteiger partial charge < -0.3 is 9.26 Å². The zero-order valence-corrected chi connectivity index (χ0v) is 14.5. The number of aromatic nitrogens is 8. The number of hydrogen-bond donors (Lipinski definition) is 1. The zero-order chi connectivity index (χ0) is 18.4. The predicted molar refractivity (Wildman–Crippen MR) is 93.9 cm³/mol. The summed E-state index contributed by atoms with van der Waals surface area (Å²) in [5, 5.41) is 20.1. The van der Waals surface area contributed by atoms with E-state index in [1.165, 1.54) is 6.33 Å². The first-order valence-electron chi connectivity index (χ1n) is 8.31. The van der Waals surface area contributed by atoms with Crippen LogP contribution >= 0.6 is 0 Å². The van der Waals surface area contributed by atoms with Gasteiger partial charge in [0.1, 0.15) is 17.8 Å². The minimum atomic E-state index is -0.386. The summed E-state index contributed by atoms with van der Waals surface area (Å²) in [6.07, 6.45) is 1.12. The normalized spacial score (nSPS) is 12.7. The Bertz CT molecular complexity index is 1240. The molecule has 0 amide bonds. The molecule has 0 saturated carbocycles. The molecule has 1 atom stereocenters. The zero-order valence-electron chi connectivity index (χ0n) is 14.5. The molecule has 1 N–H and O–H groups in total. The van der Waals surface area contributed by atoms with Gasteiger partial charge in [0.15, 0.2) is 23.3 Å². The number of para-hydroxylation sites is 1. The Morgan fingerprint density at radius 1 is 1.26 bits per heavy atom. The molecule has 0 aliphatic rings. The second-order valence-electron chi connectivity index (χ2n) is 6.05. The summed E-state index contributed by atoms with van der Waals surface area (Å²) < 4.78 is 12.9. The number of ether oxygens (including phenoxy) is 1. The summed E-state index contributed by atoms with van der Waals surface area (Å²) in [4.78, 5) is 8.81. The summed E-state index contributed by atoms with van der Waals surface area (Å²) in [5.41, 5.74) is 2.43. The van der Waals surface area contributed by atoms with E-state index >= 15 is 0 Å². The fraction of sp³-hybridized carbons (Fsp3) is 0.176. The van der Waals surface area contributed by atoms with Gasteiger partial charge in [0.25, 0.3) is 0 Å². The monoisotopic (exact) mass is 362 g/mol. The Morgan fingerprint density at radius 3 is 2.93 bits per heavy atom. The van der Waals surface area contributed by atoms with E-state index in [1.54, 1.807) is 10.6 Å². The average Bonchev–Trinajstić information content (AvgIpc) is 3.42. The molecule has 0 saturated heterocycles. The van der Waals surface area contributed by atoms with Crippen LogP contribution in [0.2, 0.25) is 0 Å². The maximum absolute atomic E-state index is 6.08. The summed E-state index contributed by atoms with van der Waals surface area (Å²) in [6, 6.07) is 9.48. The molecule has 27 heavy (non-hydrogen) atoms. The van der Waals surface area contributed by atoms with E-state index < -0.39 is 0 Å². The molecule has 0 aliphatic carbocycles. The van der Waals surface area contributed by atoms with Crippen molar-refractivity contribution in [3.05, 3.63) is 48.2 Å². The quantitative estimate of drug-likeness (QED) is 0.518. The van der Waals surface area contributed by atoms with Crippen LogP contribution in [0.4, 0.5) is 0 Å². The minimum Gasteiger partial charge on any atom is -0.466 e. The number of H-pyrrole nitrogens is 1. The molecule has 4 aromatic heterocycles. The number of hydrogen-bond acceptors (Lipinski definition) is 8. The minimum absolute atomic E-state index is 0.386. The topological polar surface area (TPSA) is 120 Å². The van der Waals surface area contributed by atoms with Crippen molar-refractivity contribution in [2.45, 2.75) is 20.0 Å². The molecule has 134 valence electrons. The van der Waals surface area contributed by atoms with Crippen LogP contribution in [0.15, 0.2) is 41.2 Å². The molecule has 1 aromatic carbocycles. The van der Waals surface area contributed by atoms with Gasteiger partial charge in [-0.3, -0.25) is 5.10 Å². The van der Waals surface area contributed by atoms with Crippen LogP contribution in [0.3, 0.4) is 0 Å². The number of aryl methyl sites for hydroxylation is 1. The molecule has 5 aromatic rings. The maximum atomic E-state index is 6.08. The highest BCUT2D eigenvalue weighted by molar-refractivity contribution is 5.88. The predicted octanol–water partition coefficient (Wildman–Crippen LogP) is 2.50. The molecule has 0 fully saturated rings. The fourth-order valence-corrected chi connectivity index (χ4v) is 2.90. The molecule has 5 rings (SSSR count). The average molecular weight is 362 g/mol. The Labute approximate surface area is 152 Å². The molecular formula is C17H14N8O2. The van der Waals surface area contributed by atoms with Gasteiger partial charge in [-0.05, 0) is 26.0 Å². The third kappa shape index (κ3) is 2.49. The Morgan fingerprint density at radius 2 is 2.15 bits per heavy atom. The molecule has 10 heteroatoms. The molecule has 0 bridgehead atoms. The molecule has 10 nitrogen and oxygen atoms in total. The van der Waals surface area contributed by atoms with Crippen molar-refractivity contribution in [3.8, 4) is 17.3 Å². The lowest BCUT2D eigenvalue weighted by atomic mass is 10.2. The van der Waals surface area contributed by atoms with Gasteiger partial charge in [-0.25, -0.2) is 4.98 Å². The Kier molecular flexibility index (Phi) is 3.35. The number of rotatable bonds is 4. The van der Waals surface area contributed by atoms with E-state index in [0.29, 0.717) is 34.5 Å². The van der Waals surface area contributed by atoms with Crippen LogP contribution in [0.5, 0.6) is 5.88 Å². The largest absolute Gasteiger partial charge is 0.466 e. The van der Waals surface area contributed by atoms with E-state index in [-0.39, 0.29) is 6.10 Å².